The molecule has 1 amide bonds. The molecular weight excluding hydrogens is 240 g/mol. The van der Waals surface area contributed by atoms with Crippen molar-refractivity contribution in [1.82, 2.24) is 4.57 Å². The normalized spacial score (nSPS) is 10.3. The molecule has 4 heteroatoms. The Kier molecular flexibility index (Phi) is 3.51. The van der Waals surface area contributed by atoms with Crippen molar-refractivity contribution in [3.8, 4) is 0 Å². The number of hydrogen-bond acceptors (Lipinski definition) is 2. The van der Waals surface area contributed by atoms with Crippen molar-refractivity contribution in [2.45, 2.75) is 13.8 Å². The number of pyridine rings is 1. The number of hydrogen-bond donors (Lipinski definition) is 1. The molecule has 4 nitrogen and oxygen atoms in total. The van der Waals surface area contributed by atoms with Gasteiger partial charge in [-0.25, -0.2) is 0 Å². The lowest BCUT2D eigenvalue weighted by molar-refractivity contribution is 0.102. The summed E-state index contributed by atoms with van der Waals surface area (Å²) in [7, 11) is 1.62. The first kappa shape index (κ1) is 13.1. The van der Waals surface area contributed by atoms with Crippen LogP contribution >= 0.6 is 0 Å². The van der Waals surface area contributed by atoms with E-state index in [1.54, 1.807) is 7.05 Å². The lowest BCUT2D eigenvalue weighted by Gasteiger charge is -2.09. The molecule has 0 aliphatic heterocycles. The minimum absolute atomic E-state index is 0.136. The number of rotatable bonds is 2. The number of amides is 1. The average Bonchev–Trinajstić information content (AvgIpc) is 2.36. The van der Waals surface area contributed by atoms with Crippen LogP contribution in [-0.4, -0.2) is 10.5 Å². The molecule has 1 aromatic carbocycles. The fourth-order valence-corrected chi connectivity index (χ4v) is 1.88. The van der Waals surface area contributed by atoms with Crippen molar-refractivity contribution < 1.29 is 4.79 Å². The van der Waals surface area contributed by atoms with Crippen LogP contribution < -0.4 is 10.9 Å². The highest BCUT2D eigenvalue weighted by Gasteiger charge is 2.08. The summed E-state index contributed by atoms with van der Waals surface area (Å²) < 4.78 is 1.39. The van der Waals surface area contributed by atoms with Crippen molar-refractivity contribution >= 4 is 11.6 Å². The summed E-state index contributed by atoms with van der Waals surface area (Å²) in [5.74, 6) is -0.220. The Morgan fingerprint density at radius 1 is 1.16 bits per heavy atom. The summed E-state index contributed by atoms with van der Waals surface area (Å²) in [6, 6.07) is 8.75. The second kappa shape index (κ2) is 5.10. The zero-order valence-electron chi connectivity index (χ0n) is 11.2. The molecule has 2 aromatic rings. The van der Waals surface area contributed by atoms with E-state index in [0.717, 1.165) is 16.8 Å². The number of nitrogens with zero attached hydrogens (tertiary/aromatic N) is 1. The maximum Gasteiger partial charge on any atom is 0.257 e. The maximum atomic E-state index is 12.1. The summed E-state index contributed by atoms with van der Waals surface area (Å²) >= 11 is 0. The van der Waals surface area contributed by atoms with Crippen molar-refractivity contribution in [2.75, 3.05) is 5.32 Å². The smallest absolute Gasteiger partial charge is 0.257 e. The van der Waals surface area contributed by atoms with Crippen molar-refractivity contribution in [2.24, 2.45) is 7.05 Å². The zero-order chi connectivity index (χ0) is 14.0. The van der Waals surface area contributed by atoms with E-state index in [1.807, 2.05) is 32.0 Å². The highest BCUT2D eigenvalue weighted by molar-refractivity contribution is 6.04. The molecule has 1 aromatic heterocycles. The van der Waals surface area contributed by atoms with Crippen LogP contribution in [0.15, 0.2) is 41.3 Å². The van der Waals surface area contributed by atoms with E-state index in [4.69, 9.17) is 0 Å². The van der Waals surface area contributed by atoms with Crippen molar-refractivity contribution in [1.29, 1.82) is 0 Å². The number of nitrogens with one attached hydrogen (secondary N) is 1. The number of carbonyl (C=O) groups is 1. The molecule has 0 fully saturated rings. The summed E-state index contributed by atoms with van der Waals surface area (Å²) in [6.07, 6.45) is 1.53. The van der Waals surface area contributed by atoms with Gasteiger partial charge in [0.25, 0.3) is 5.91 Å². The van der Waals surface area contributed by atoms with Gasteiger partial charge < -0.3 is 9.88 Å². The quantitative estimate of drug-likeness (QED) is 0.896. The SMILES string of the molecule is Cc1ccc(NC(=O)c2ccc(=O)n(C)c2)c(C)c1. The van der Waals surface area contributed by atoms with Crippen LogP contribution in [0.4, 0.5) is 5.69 Å². The standard InChI is InChI=1S/C15H16N2O2/c1-10-4-6-13(11(2)8-10)16-15(19)12-5-7-14(18)17(3)9-12/h4-9H,1-3H3,(H,16,19). The summed E-state index contributed by atoms with van der Waals surface area (Å²) in [4.78, 5) is 23.4. The largest absolute Gasteiger partial charge is 0.322 e. The van der Waals surface area contributed by atoms with Crippen molar-refractivity contribution in [3.63, 3.8) is 0 Å². The van der Waals surface area contributed by atoms with E-state index >= 15 is 0 Å². The lowest BCUT2D eigenvalue weighted by atomic mass is 10.1. The van der Waals surface area contributed by atoms with E-state index in [9.17, 15) is 9.59 Å². The molecule has 0 spiro atoms. The predicted molar refractivity (Wildman–Crippen MR) is 75.6 cm³/mol. The van der Waals surface area contributed by atoms with Crippen LogP contribution in [0, 0.1) is 13.8 Å². The molecule has 1 N–H and O–H groups in total. The first-order chi connectivity index (χ1) is 8.97. The number of carbonyl (C=O) groups excluding carboxylic acids is 1. The second-order valence-electron chi connectivity index (χ2n) is 4.64. The van der Waals surface area contributed by atoms with Gasteiger partial charge in [-0.1, -0.05) is 17.7 Å². The summed E-state index contributed by atoms with van der Waals surface area (Å²) in [5.41, 5.74) is 3.27. The molecule has 0 atom stereocenters. The third-order valence-corrected chi connectivity index (χ3v) is 2.98. The Balaban J connectivity index is 2.25. The van der Waals surface area contributed by atoms with Gasteiger partial charge in [0.2, 0.25) is 5.56 Å². The molecule has 0 aliphatic carbocycles. The van der Waals surface area contributed by atoms with E-state index in [1.165, 1.54) is 22.9 Å². The van der Waals surface area contributed by atoms with Crippen LogP contribution in [0.5, 0.6) is 0 Å². The van der Waals surface area contributed by atoms with Gasteiger partial charge in [0.05, 0.1) is 5.56 Å². The fraction of sp³-hybridized carbons (Fsp3) is 0.200. The molecule has 0 saturated heterocycles. The molecule has 19 heavy (non-hydrogen) atoms. The highest BCUT2D eigenvalue weighted by Crippen LogP contribution is 2.16. The fourth-order valence-electron chi connectivity index (χ4n) is 1.88. The van der Waals surface area contributed by atoms with Gasteiger partial charge in [0.1, 0.15) is 0 Å². The second-order valence-corrected chi connectivity index (χ2v) is 4.64. The van der Waals surface area contributed by atoms with E-state index < -0.39 is 0 Å². The van der Waals surface area contributed by atoms with Gasteiger partial charge in [-0.2, -0.15) is 0 Å². The van der Waals surface area contributed by atoms with Gasteiger partial charge in [-0.05, 0) is 31.5 Å². The first-order valence-electron chi connectivity index (χ1n) is 6.02. The van der Waals surface area contributed by atoms with Crippen LogP contribution in [0.2, 0.25) is 0 Å². The number of aromatic nitrogens is 1. The minimum atomic E-state index is -0.220. The molecule has 98 valence electrons. The Bertz CT molecular complexity index is 687. The maximum absolute atomic E-state index is 12.1. The Labute approximate surface area is 111 Å². The number of aryl methyl sites for hydroxylation is 3. The molecular formula is C15H16N2O2. The van der Waals surface area contributed by atoms with E-state index in [0.29, 0.717) is 5.56 Å². The zero-order valence-corrected chi connectivity index (χ0v) is 11.2. The van der Waals surface area contributed by atoms with E-state index in [2.05, 4.69) is 5.32 Å². The van der Waals surface area contributed by atoms with Crippen LogP contribution in [0.1, 0.15) is 21.5 Å². The number of anilines is 1. The Hall–Kier alpha value is -2.36. The van der Waals surface area contributed by atoms with E-state index in [-0.39, 0.29) is 11.5 Å². The van der Waals surface area contributed by atoms with Crippen LogP contribution in [0.25, 0.3) is 0 Å². The Morgan fingerprint density at radius 2 is 1.89 bits per heavy atom. The van der Waals surface area contributed by atoms with Gasteiger partial charge in [-0.3, -0.25) is 9.59 Å². The number of benzene rings is 1. The topological polar surface area (TPSA) is 51.1 Å². The van der Waals surface area contributed by atoms with Crippen LogP contribution in [-0.2, 0) is 7.05 Å². The lowest BCUT2D eigenvalue weighted by Crippen LogP contribution is -2.19. The molecule has 0 radical (unpaired) electrons. The van der Waals surface area contributed by atoms with Gasteiger partial charge in [-0.15, -0.1) is 0 Å². The highest BCUT2D eigenvalue weighted by atomic mass is 16.2. The summed E-state index contributed by atoms with van der Waals surface area (Å²) in [6.45, 7) is 3.95. The van der Waals surface area contributed by atoms with Gasteiger partial charge in [0, 0.05) is 25.0 Å². The summed E-state index contributed by atoms with van der Waals surface area (Å²) in [5, 5.41) is 2.85. The van der Waals surface area contributed by atoms with Crippen molar-refractivity contribution in [3.05, 3.63) is 63.6 Å². The van der Waals surface area contributed by atoms with Crippen LogP contribution in [0.3, 0.4) is 0 Å². The third-order valence-electron chi connectivity index (χ3n) is 2.98. The molecule has 0 bridgehead atoms. The van der Waals surface area contributed by atoms with Gasteiger partial charge >= 0.3 is 0 Å². The molecule has 1 heterocycles. The average molecular weight is 256 g/mol. The Morgan fingerprint density at radius 3 is 2.53 bits per heavy atom. The molecule has 0 aliphatic rings. The predicted octanol–water partition coefficient (Wildman–Crippen LogP) is 2.25. The molecule has 0 unspecified atom stereocenters. The molecule has 0 saturated carbocycles. The monoisotopic (exact) mass is 256 g/mol. The van der Waals surface area contributed by atoms with Gasteiger partial charge in [0.15, 0.2) is 0 Å². The first-order valence-corrected chi connectivity index (χ1v) is 6.02. The minimum Gasteiger partial charge on any atom is -0.322 e. The molecule has 2 rings (SSSR count). The third kappa shape index (κ3) is 2.91.